The summed E-state index contributed by atoms with van der Waals surface area (Å²) < 4.78 is 44.1. The predicted octanol–water partition coefficient (Wildman–Crippen LogP) is -0.181. The zero-order chi connectivity index (χ0) is 11.5. The number of hydrogen-bond acceptors (Lipinski definition) is 6. The van der Waals surface area contributed by atoms with Gasteiger partial charge in [-0.2, -0.15) is 5.10 Å². The lowest BCUT2D eigenvalue weighted by molar-refractivity contribution is 0.587. The highest BCUT2D eigenvalue weighted by atomic mass is 35.7. The normalized spacial score (nSPS) is 12.6. The highest BCUT2D eigenvalue weighted by molar-refractivity contribution is 8.14. The van der Waals surface area contributed by atoms with Gasteiger partial charge in [0.1, 0.15) is 0 Å². The van der Waals surface area contributed by atoms with Gasteiger partial charge in [-0.15, -0.1) is 5.10 Å². The number of aromatic nitrogens is 2. The van der Waals surface area contributed by atoms with Crippen LogP contribution in [0.2, 0.25) is 0 Å². The summed E-state index contributed by atoms with van der Waals surface area (Å²) in [6, 6.07) is 2.64. The maximum Gasteiger partial charge on any atom is 0.233 e. The standard InChI is InChI=1S/C6H7ClN2O4S2/c7-15(12,13)5-4-14(10,11)6-2-1-3-8-9-6/h1-3H,4-5H2. The number of nitrogens with zero attached hydrogens (tertiary/aromatic N) is 2. The molecule has 0 bridgehead atoms. The molecule has 1 rings (SSSR count). The van der Waals surface area contributed by atoms with Gasteiger partial charge in [0, 0.05) is 16.9 Å². The van der Waals surface area contributed by atoms with Crippen LogP contribution < -0.4 is 0 Å². The predicted molar refractivity (Wildman–Crippen MR) is 53.7 cm³/mol. The molecule has 9 heteroatoms. The van der Waals surface area contributed by atoms with E-state index in [1.807, 2.05) is 0 Å². The third-order valence-electron chi connectivity index (χ3n) is 1.46. The fourth-order valence-corrected chi connectivity index (χ4v) is 3.67. The molecule has 0 aliphatic rings. The van der Waals surface area contributed by atoms with Crippen molar-refractivity contribution in [3.8, 4) is 0 Å². The molecule has 1 aromatic heterocycles. The van der Waals surface area contributed by atoms with E-state index < -0.39 is 30.4 Å². The van der Waals surface area contributed by atoms with E-state index in [4.69, 9.17) is 10.7 Å². The molecule has 1 aromatic rings. The third-order valence-corrected chi connectivity index (χ3v) is 4.47. The summed E-state index contributed by atoms with van der Waals surface area (Å²) in [6.45, 7) is 0. The van der Waals surface area contributed by atoms with E-state index in [0.717, 1.165) is 0 Å². The Morgan fingerprint density at radius 2 is 1.87 bits per heavy atom. The fourth-order valence-electron chi connectivity index (χ4n) is 0.767. The molecule has 84 valence electrons. The minimum absolute atomic E-state index is 0.259. The molecule has 1 heterocycles. The van der Waals surface area contributed by atoms with E-state index in [1.54, 1.807) is 0 Å². The van der Waals surface area contributed by atoms with Gasteiger partial charge in [0.05, 0.1) is 11.5 Å². The van der Waals surface area contributed by atoms with E-state index in [-0.39, 0.29) is 5.03 Å². The van der Waals surface area contributed by atoms with Crippen LogP contribution in [0, 0.1) is 0 Å². The van der Waals surface area contributed by atoms with Crippen LogP contribution in [-0.2, 0) is 18.9 Å². The van der Waals surface area contributed by atoms with Crippen molar-refractivity contribution in [3.63, 3.8) is 0 Å². The maximum atomic E-state index is 11.5. The van der Waals surface area contributed by atoms with Gasteiger partial charge >= 0.3 is 0 Å². The lowest BCUT2D eigenvalue weighted by Gasteiger charge is -1.99. The van der Waals surface area contributed by atoms with Crippen LogP contribution in [0.5, 0.6) is 0 Å². The Bertz CT molecular complexity index is 526. The molecule has 0 saturated heterocycles. The molecule has 0 amide bonds. The molecule has 0 aromatic carbocycles. The Hall–Kier alpha value is -0.730. The Balaban J connectivity index is 2.87. The third kappa shape index (κ3) is 4.10. The zero-order valence-electron chi connectivity index (χ0n) is 7.37. The maximum absolute atomic E-state index is 11.5. The van der Waals surface area contributed by atoms with Gasteiger partial charge in [-0.05, 0) is 12.1 Å². The number of sulfone groups is 1. The van der Waals surface area contributed by atoms with Crippen molar-refractivity contribution < 1.29 is 16.8 Å². The first-order chi connectivity index (χ1) is 6.81. The highest BCUT2D eigenvalue weighted by Gasteiger charge is 2.19. The summed E-state index contributed by atoms with van der Waals surface area (Å²) in [6.07, 6.45) is 1.32. The van der Waals surface area contributed by atoms with Gasteiger partial charge in [-0.25, -0.2) is 16.8 Å². The van der Waals surface area contributed by atoms with E-state index in [9.17, 15) is 16.8 Å². The molecule has 0 N–H and O–H groups in total. The molecule has 0 saturated carbocycles. The molecule has 0 atom stereocenters. The van der Waals surface area contributed by atoms with Crippen molar-refractivity contribution in [3.05, 3.63) is 18.3 Å². The Kier molecular flexibility index (Phi) is 3.63. The summed E-state index contributed by atoms with van der Waals surface area (Å²) in [4.78, 5) is 0. The molecule has 0 aliphatic heterocycles. The van der Waals surface area contributed by atoms with Crippen LogP contribution in [0.1, 0.15) is 0 Å². The smallest absolute Gasteiger partial charge is 0.222 e. The zero-order valence-corrected chi connectivity index (χ0v) is 9.76. The molecule has 0 fully saturated rings. The average molecular weight is 271 g/mol. The van der Waals surface area contributed by atoms with Crippen LogP contribution in [0.15, 0.2) is 23.4 Å². The van der Waals surface area contributed by atoms with Crippen molar-refractivity contribution >= 4 is 29.6 Å². The lowest BCUT2D eigenvalue weighted by Crippen LogP contribution is -2.15. The van der Waals surface area contributed by atoms with Crippen LogP contribution in [-0.4, -0.2) is 38.5 Å². The molecule has 0 aliphatic carbocycles. The Morgan fingerprint density at radius 1 is 1.20 bits per heavy atom. The van der Waals surface area contributed by atoms with Crippen LogP contribution >= 0.6 is 10.7 Å². The van der Waals surface area contributed by atoms with Gasteiger partial charge in [0.2, 0.25) is 9.05 Å². The fraction of sp³-hybridized carbons (Fsp3) is 0.333. The summed E-state index contributed by atoms with van der Waals surface area (Å²) in [7, 11) is -2.65. The summed E-state index contributed by atoms with van der Waals surface area (Å²) in [5.41, 5.74) is 0. The van der Waals surface area contributed by atoms with E-state index in [1.165, 1.54) is 18.3 Å². The van der Waals surface area contributed by atoms with Crippen molar-refractivity contribution in [1.29, 1.82) is 0 Å². The number of rotatable bonds is 4. The van der Waals surface area contributed by atoms with Crippen molar-refractivity contribution in [1.82, 2.24) is 10.2 Å². The first-order valence-corrected chi connectivity index (χ1v) is 7.87. The second kappa shape index (κ2) is 4.42. The van der Waals surface area contributed by atoms with Crippen molar-refractivity contribution in [2.45, 2.75) is 5.03 Å². The quantitative estimate of drug-likeness (QED) is 0.705. The first kappa shape index (κ1) is 12.3. The largest absolute Gasteiger partial charge is 0.233 e. The van der Waals surface area contributed by atoms with E-state index in [2.05, 4.69) is 10.2 Å². The Labute approximate surface area is 91.6 Å². The van der Waals surface area contributed by atoms with Crippen molar-refractivity contribution in [2.24, 2.45) is 0 Å². The van der Waals surface area contributed by atoms with Gasteiger partial charge in [0.25, 0.3) is 0 Å². The van der Waals surface area contributed by atoms with Gasteiger partial charge < -0.3 is 0 Å². The molecule has 6 nitrogen and oxygen atoms in total. The summed E-state index contributed by atoms with van der Waals surface area (Å²) in [5, 5.41) is 6.50. The number of hydrogen-bond donors (Lipinski definition) is 0. The minimum atomic E-state index is -3.82. The second-order valence-electron chi connectivity index (χ2n) is 2.62. The molecule has 0 radical (unpaired) electrons. The highest BCUT2D eigenvalue weighted by Crippen LogP contribution is 2.07. The summed E-state index contributed by atoms with van der Waals surface area (Å²) >= 11 is 0. The molecule has 0 spiro atoms. The van der Waals surface area contributed by atoms with Gasteiger partial charge in [0.15, 0.2) is 14.9 Å². The van der Waals surface area contributed by atoms with E-state index in [0.29, 0.717) is 0 Å². The average Bonchev–Trinajstić information content (AvgIpc) is 2.16. The molecular formula is C6H7ClN2O4S2. The lowest BCUT2D eigenvalue weighted by atomic mass is 10.6. The molecule has 15 heavy (non-hydrogen) atoms. The van der Waals surface area contributed by atoms with Crippen molar-refractivity contribution in [2.75, 3.05) is 11.5 Å². The monoisotopic (exact) mass is 270 g/mol. The van der Waals surface area contributed by atoms with Gasteiger partial charge in [-0.1, -0.05) is 0 Å². The molecular weight excluding hydrogens is 264 g/mol. The van der Waals surface area contributed by atoms with Crippen LogP contribution in [0.3, 0.4) is 0 Å². The molecule has 0 unspecified atom stereocenters. The minimum Gasteiger partial charge on any atom is -0.222 e. The topological polar surface area (TPSA) is 94.1 Å². The van der Waals surface area contributed by atoms with Gasteiger partial charge in [-0.3, -0.25) is 0 Å². The number of halogens is 1. The van der Waals surface area contributed by atoms with E-state index >= 15 is 0 Å². The second-order valence-corrected chi connectivity index (χ2v) is 7.58. The van der Waals surface area contributed by atoms with Crippen LogP contribution in [0.4, 0.5) is 0 Å². The Morgan fingerprint density at radius 3 is 2.33 bits per heavy atom. The first-order valence-electron chi connectivity index (χ1n) is 3.74. The van der Waals surface area contributed by atoms with Crippen LogP contribution in [0.25, 0.3) is 0 Å². The summed E-state index contributed by atoms with van der Waals surface area (Å²) in [5.74, 6) is -1.25. The SMILES string of the molecule is O=S(=O)(Cl)CCS(=O)(=O)c1cccnn1.